The molecule has 0 bridgehead atoms. The summed E-state index contributed by atoms with van der Waals surface area (Å²) >= 11 is 1.87. The lowest BCUT2D eigenvalue weighted by molar-refractivity contribution is -0.127. The number of rotatable bonds is 0. The molecule has 2 fully saturated rings. The number of nitrogens with one attached hydrogen (secondary N) is 2. The van der Waals surface area contributed by atoms with Crippen LogP contribution in [0.3, 0.4) is 0 Å². The maximum absolute atomic E-state index is 11.7. The Hall–Kier alpha value is -0.740. The standard InChI is InChI=1S/C10H12N2OS/c13-9-8-6-3-1-2-4-7(6)14-10(8)12-5-11-9/h1-4,6-8,10,12H,5H2,(H,11,13). The smallest absolute Gasteiger partial charge is 0.227 e. The van der Waals surface area contributed by atoms with Gasteiger partial charge in [-0.1, -0.05) is 24.3 Å². The van der Waals surface area contributed by atoms with Crippen molar-refractivity contribution >= 4 is 17.7 Å². The highest BCUT2D eigenvalue weighted by Crippen LogP contribution is 2.45. The summed E-state index contributed by atoms with van der Waals surface area (Å²) in [5, 5.41) is 6.97. The van der Waals surface area contributed by atoms with E-state index in [2.05, 4.69) is 28.9 Å². The van der Waals surface area contributed by atoms with Crippen LogP contribution in [0.5, 0.6) is 0 Å². The predicted octanol–water partition coefficient (Wildman–Crippen LogP) is 0.463. The summed E-state index contributed by atoms with van der Waals surface area (Å²) in [5.74, 6) is 0.691. The van der Waals surface area contributed by atoms with Gasteiger partial charge in [-0.15, -0.1) is 11.8 Å². The first-order valence-electron chi connectivity index (χ1n) is 4.88. The predicted molar refractivity (Wildman–Crippen MR) is 56.6 cm³/mol. The Bertz CT molecular complexity index is 326. The summed E-state index contributed by atoms with van der Waals surface area (Å²) in [6.07, 6.45) is 8.48. The van der Waals surface area contributed by atoms with E-state index in [1.54, 1.807) is 0 Å². The van der Waals surface area contributed by atoms with Gasteiger partial charge in [0.15, 0.2) is 0 Å². The first-order valence-corrected chi connectivity index (χ1v) is 5.82. The molecule has 2 aliphatic heterocycles. The number of carbonyl (C=O) groups is 1. The minimum Gasteiger partial charge on any atom is -0.343 e. The molecule has 0 aromatic heterocycles. The number of thioether (sulfide) groups is 1. The molecule has 4 heteroatoms. The van der Waals surface area contributed by atoms with Crippen molar-refractivity contribution in [3.05, 3.63) is 24.3 Å². The van der Waals surface area contributed by atoms with Crippen LogP contribution in [0.1, 0.15) is 0 Å². The lowest BCUT2D eigenvalue weighted by Gasteiger charge is -2.28. The van der Waals surface area contributed by atoms with Gasteiger partial charge in [0.25, 0.3) is 0 Å². The highest BCUT2D eigenvalue weighted by atomic mass is 32.2. The van der Waals surface area contributed by atoms with Crippen LogP contribution < -0.4 is 10.6 Å². The second kappa shape index (κ2) is 3.14. The lowest BCUT2D eigenvalue weighted by atomic mass is 9.85. The van der Waals surface area contributed by atoms with Crippen molar-refractivity contribution in [2.24, 2.45) is 11.8 Å². The molecule has 14 heavy (non-hydrogen) atoms. The van der Waals surface area contributed by atoms with E-state index >= 15 is 0 Å². The van der Waals surface area contributed by atoms with Crippen LogP contribution >= 0.6 is 11.8 Å². The van der Waals surface area contributed by atoms with E-state index in [1.807, 2.05) is 17.8 Å². The fraction of sp³-hybridized carbons (Fsp3) is 0.500. The van der Waals surface area contributed by atoms with Crippen LogP contribution in [0.15, 0.2) is 24.3 Å². The molecule has 3 aliphatic rings. The van der Waals surface area contributed by atoms with Crippen molar-refractivity contribution in [3.8, 4) is 0 Å². The van der Waals surface area contributed by atoms with Gasteiger partial charge in [0.1, 0.15) is 0 Å². The van der Waals surface area contributed by atoms with Gasteiger partial charge < -0.3 is 5.32 Å². The molecule has 0 radical (unpaired) electrons. The molecule has 2 heterocycles. The third kappa shape index (κ3) is 1.14. The van der Waals surface area contributed by atoms with Gasteiger partial charge in [-0.2, -0.15) is 0 Å². The molecule has 4 atom stereocenters. The van der Waals surface area contributed by atoms with Gasteiger partial charge >= 0.3 is 0 Å². The minimum absolute atomic E-state index is 0.111. The Morgan fingerprint density at radius 3 is 3.14 bits per heavy atom. The Balaban J connectivity index is 1.92. The van der Waals surface area contributed by atoms with E-state index in [9.17, 15) is 4.79 Å². The van der Waals surface area contributed by atoms with Gasteiger partial charge in [-0.05, 0) is 0 Å². The number of carbonyl (C=O) groups excluding carboxylic acids is 1. The van der Waals surface area contributed by atoms with Gasteiger partial charge in [-0.3, -0.25) is 10.1 Å². The SMILES string of the molecule is O=C1NCNC2SC3C=CC=CC3C12. The van der Waals surface area contributed by atoms with Crippen LogP contribution in [0.2, 0.25) is 0 Å². The molecule has 0 aromatic carbocycles. The maximum Gasteiger partial charge on any atom is 0.227 e. The fourth-order valence-corrected chi connectivity index (χ4v) is 3.98. The van der Waals surface area contributed by atoms with Crippen LogP contribution in [-0.2, 0) is 4.79 Å². The van der Waals surface area contributed by atoms with E-state index in [4.69, 9.17) is 0 Å². The zero-order valence-corrected chi connectivity index (χ0v) is 8.46. The van der Waals surface area contributed by atoms with E-state index < -0.39 is 0 Å². The first-order chi connectivity index (χ1) is 6.86. The van der Waals surface area contributed by atoms with E-state index in [1.165, 1.54) is 0 Å². The molecule has 0 aromatic rings. The van der Waals surface area contributed by atoms with Crippen LogP contribution in [0.25, 0.3) is 0 Å². The van der Waals surface area contributed by atoms with E-state index in [0.29, 0.717) is 23.2 Å². The number of amides is 1. The molecule has 2 saturated heterocycles. The Morgan fingerprint density at radius 1 is 1.36 bits per heavy atom. The molecular weight excluding hydrogens is 196 g/mol. The topological polar surface area (TPSA) is 41.1 Å². The van der Waals surface area contributed by atoms with Gasteiger partial charge in [-0.25, -0.2) is 0 Å². The third-order valence-corrected chi connectivity index (χ3v) is 4.58. The Labute approximate surface area is 87.0 Å². The van der Waals surface area contributed by atoms with Gasteiger partial charge in [0, 0.05) is 11.2 Å². The highest BCUT2D eigenvalue weighted by molar-refractivity contribution is 8.01. The van der Waals surface area contributed by atoms with Crippen molar-refractivity contribution in [2.75, 3.05) is 6.67 Å². The average molecular weight is 208 g/mol. The number of hydrogen-bond acceptors (Lipinski definition) is 3. The number of allylic oxidation sites excluding steroid dienone is 3. The normalized spacial score (nSPS) is 44.4. The Kier molecular flexibility index (Phi) is 1.92. The molecule has 2 N–H and O–H groups in total. The minimum atomic E-state index is 0.111. The largest absolute Gasteiger partial charge is 0.343 e. The summed E-state index contributed by atoms with van der Waals surface area (Å²) in [6.45, 7) is 0.611. The molecule has 4 unspecified atom stereocenters. The van der Waals surface area contributed by atoms with E-state index in [-0.39, 0.29) is 11.8 Å². The van der Waals surface area contributed by atoms with Crippen molar-refractivity contribution in [1.29, 1.82) is 0 Å². The van der Waals surface area contributed by atoms with E-state index in [0.717, 1.165) is 0 Å². The molecule has 1 aliphatic carbocycles. The number of hydrogen-bond donors (Lipinski definition) is 2. The average Bonchev–Trinajstić information content (AvgIpc) is 2.57. The maximum atomic E-state index is 11.7. The lowest BCUT2D eigenvalue weighted by Crippen LogP contribution is -2.53. The molecule has 3 nitrogen and oxygen atoms in total. The molecule has 0 saturated carbocycles. The second-order valence-corrected chi connectivity index (χ2v) is 5.14. The monoisotopic (exact) mass is 208 g/mol. The Morgan fingerprint density at radius 2 is 2.21 bits per heavy atom. The summed E-state index contributed by atoms with van der Waals surface area (Å²) in [6, 6.07) is 0. The highest BCUT2D eigenvalue weighted by Gasteiger charge is 2.47. The summed E-state index contributed by atoms with van der Waals surface area (Å²) in [5.41, 5.74) is 0. The molecule has 3 rings (SSSR count). The quantitative estimate of drug-likeness (QED) is 0.608. The fourth-order valence-electron chi connectivity index (χ4n) is 2.36. The number of fused-ring (bicyclic) bond motifs is 3. The van der Waals surface area contributed by atoms with Crippen molar-refractivity contribution in [3.63, 3.8) is 0 Å². The van der Waals surface area contributed by atoms with Crippen molar-refractivity contribution in [2.45, 2.75) is 10.6 Å². The molecular formula is C10H12N2OS. The summed E-state index contributed by atoms with van der Waals surface area (Å²) in [4.78, 5) is 11.7. The van der Waals surface area contributed by atoms with Crippen LogP contribution in [0, 0.1) is 11.8 Å². The molecule has 0 spiro atoms. The molecule has 1 amide bonds. The van der Waals surface area contributed by atoms with Crippen molar-refractivity contribution in [1.82, 2.24) is 10.6 Å². The van der Waals surface area contributed by atoms with Gasteiger partial charge in [0.2, 0.25) is 5.91 Å². The zero-order valence-electron chi connectivity index (χ0n) is 7.64. The van der Waals surface area contributed by atoms with Crippen molar-refractivity contribution < 1.29 is 4.79 Å². The second-order valence-electron chi connectivity index (χ2n) is 3.82. The third-order valence-electron chi connectivity index (χ3n) is 3.04. The van der Waals surface area contributed by atoms with Crippen LogP contribution in [-0.4, -0.2) is 23.2 Å². The molecule has 74 valence electrons. The van der Waals surface area contributed by atoms with Gasteiger partial charge in [0.05, 0.1) is 18.0 Å². The summed E-state index contributed by atoms with van der Waals surface area (Å²) < 4.78 is 0. The summed E-state index contributed by atoms with van der Waals surface area (Å²) in [7, 11) is 0. The zero-order chi connectivity index (χ0) is 9.54. The first kappa shape index (κ1) is 8.56. The van der Waals surface area contributed by atoms with Crippen LogP contribution in [0.4, 0.5) is 0 Å².